The molecule has 4 N–H and O–H groups in total. The van der Waals surface area contributed by atoms with E-state index in [9.17, 15) is 14.0 Å². The van der Waals surface area contributed by atoms with E-state index in [1.54, 1.807) is 17.0 Å². The van der Waals surface area contributed by atoms with Crippen LogP contribution in [0, 0.1) is 5.82 Å². The van der Waals surface area contributed by atoms with E-state index in [0.717, 1.165) is 10.9 Å². The molecule has 1 aromatic heterocycles. The lowest BCUT2D eigenvalue weighted by molar-refractivity contribution is -0.120. The van der Waals surface area contributed by atoms with E-state index in [1.807, 2.05) is 30.5 Å². The number of carbonyl (C=O) groups is 2. The van der Waals surface area contributed by atoms with Gasteiger partial charge in [-0.05, 0) is 29.8 Å². The number of aromatic nitrogens is 1. The Labute approximate surface area is 160 Å². The molecular weight excluding hydrogens is 361 g/mol. The number of anilines is 2. The van der Waals surface area contributed by atoms with Crippen LogP contribution in [0.2, 0.25) is 0 Å². The summed E-state index contributed by atoms with van der Waals surface area (Å²) >= 11 is 0. The van der Waals surface area contributed by atoms with Crippen LogP contribution in [-0.4, -0.2) is 36.6 Å². The maximum atomic E-state index is 14.5. The van der Waals surface area contributed by atoms with Crippen molar-refractivity contribution in [3.8, 4) is 0 Å². The molecule has 144 valence electrons. The lowest BCUT2D eigenvalue weighted by Crippen LogP contribution is -2.48. The third-order valence-corrected chi connectivity index (χ3v) is 4.68. The minimum atomic E-state index is -0.412. The first-order valence-corrected chi connectivity index (χ1v) is 9.01. The number of fused-ring (bicyclic) bond motifs is 1. The molecule has 3 aromatic rings. The largest absolute Gasteiger partial charge is 0.359 e. The topological polar surface area (TPSA) is 89.3 Å². The van der Waals surface area contributed by atoms with Crippen molar-refractivity contribution in [2.75, 3.05) is 29.9 Å². The molecule has 0 saturated carbocycles. The summed E-state index contributed by atoms with van der Waals surface area (Å²) in [4.78, 5) is 28.5. The van der Waals surface area contributed by atoms with Crippen LogP contribution < -0.4 is 20.9 Å². The molecule has 2 aromatic carbocycles. The third kappa shape index (κ3) is 3.75. The molecule has 28 heavy (non-hydrogen) atoms. The number of nitrogens with zero attached hydrogens (tertiary/aromatic N) is 1. The number of hydrogen-bond donors (Lipinski definition) is 4. The van der Waals surface area contributed by atoms with Crippen LogP contribution >= 0.6 is 0 Å². The summed E-state index contributed by atoms with van der Waals surface area (Å²) < 4.78 is 14.5. The number of urea groups is 1. The predicted octanol–water partition coefficient (Wildman–Crippen LogP) is 2.56. The average Bonchev–Trinajstić information content (AvgIpc) is 3.16. The van der Waals surface area contributed by atoms with Gasteiger partial charge in [0, 0.05) is 31.2 Å². The first-order chi connectivity index (χ1) is 13.6. The lowest BCUT2D eigenvalue weighted by atomic mass is 10.1. The third-order valence-electron chi connectivity index (χ3n) is 4.68. The van der Waals surface area contributed by atoms with Gasteiger partial charge in [-0.2, -0.15) is 0 Å². The van der Waals surface area contributed by atoms with Crippen molar-refractivity contribution in [3.05, 3.63) is 60.0 Å². The highest BCUT2D eigenvalue weighted by molar-refractivity contribution is 5.99. The van der Waals surface area contributed by atoms with Gasteiger partial charge in [-0.1, -0.05) is 18.2 Å². The molecule has 8 heteroatoms. The molecular formula is C20H20FN5O2. The number of H-pyrrole nitrogens is 1. The molecule has 4 rings (SSSR count). The van der Waals surface area contributed by atoms with Crippen molar-refractivity contribution < 1.29 is 14.0 Å². The van der Waals surface area contributed by atoms with Gasteiger partial charge in [-0.25, -0.2) is 9.18 Å². The van der Waals surface area contributed by atoms with E-state index in [0.29, 0.717) is 30.0 Å². The minimum absolute atomic E-state index is 0.120. The number of para-hydroxylation sites is 1. The van der Waals surface area contributed by atoms with Crippen LogP contribution in [0.25, 0.3) is 10.9 Å². The molecule has 7 nitrogen and oxygen atoms in total. The Kier molecular flexibility index (Phi) is 4.84. The van der Waals surface area contributed by atoms with E-state index in [4.69, 9.17) is 0 Å². The minimum Gasteiger partial charge on any atom is -0.359 e. The SMILES string of the molecule is O=C1CN(c2ccc(CNC(=O)Nc3cccc4cc[nH]c34)cc2F)CCN1. The van der Waals surface area contributed by atoms with Gasteiger partial charge in [-0.3, -0.25) is 4.79 Å². The fourth-order valence-corrected chi connectivity index (χ4v) is 3.30. The summed E-state index contributed by atoms with van der Waals surface area (Å²) in [6, 6.07) is 11.9. The molecule has 0 bridgehead atoms. The summed E-state index contributed by atoms with van der Waals surface area (Å²) in [7, 11) is 0. The Balaban J connectivity index is 1.38. The van der Waals surface area contributed by atoms with Crippen LogP contribution in [0.1, 0.15) is 5.56 Å². The van der Waals surface area contributed by atoms with Gasteiger partial charge in [0.15, 0.2) is 0 Å². The first-order valence-electron chi connectivity index (χ1n) is 9.01. The number of piperazine rings is 1. The summed E-state index contributed by atoms with van der Waals surface area (Å²) in [5.74, 6) is -0.532. The Bertz CT molecular complexity index is 1030. The number of hydrogen-bond acceptors (Lipinski definition) is 3. The molecule has 1 fully saturated rings. The second-order valence-electron chi connectivity index (χ2n) is 6.61. The van der Waals surface area contributed by atoms with Crippen LogP contribution in [-0.2, 0) is 11.3 Å². The maximum absolute atomic E-state index is 14.5. The number of rotatable bonds is 4. The number of amides is 3. The van der Waals surface area contributed by atoms with Gasteiger partial charge >= 0.3 is 6.03 Å². The predicted molar refractivity (Wildman–Crippen MR) is 106 cm³/mol. The van der Waals surface area contributed by atoms with Crippen molar-refractivity contribution in [1.29, 1.82) is 0 Å². The van der Waals surface area contributed by atoms with Crippen LogP contribution in [0.15, 0.2) is 48.7 Å². The standard InChI is InChI=1S/C20H20FN5O2/c21-15-10-13(4-5-17(15)26-9-8-22-18(27)12-26)11-24-20(28)25-16-3-1-2-14-6-7-23-19(14)16/h1-7,10,23H,8-9,11-12H2,(H,22,27)(H2,24,25,28). The highest BCUT2D eigenvalue weighted by Gasteiger charge is 2.19. The van der Waals surface area contributed by atoms with Crippen LogP contribution in [0.4, 0.5) is 20.6 Å². The van der Waals surface area contributed by atoms with Crippen molar-refractivity contribution in [2.45, 2.75) is 6.54 Å². The highest BCUT2D eigenvalue weighted by atomic mass is 19.1. The summed E-state index contributed by atoms with van der Waals surface area (Å²) in [5, 5.41) is 9.24. The van der Waals surface area contributed by atoms with Gasteiger partial charge in [0.1, 0.15) is 5.82 Å². The second kappa shape index (κ2) is 7.59. The van der Waals surface area contributed by atoms with E-state index >= 15 is 0 Å². The molecule has 3 amide bonds. The van der Waals surface area contributed by atoms with Crippen molar-refractivity contribution >= 4 is 34.2 Å². The fraction of sp³-hybridized carbons (Fsp3) is 0.200. The zero-order valence-corrected chi connectivity index (χ0v) is 15.1. The van der Waals surface area contributed by atoms with E-state index < -0.39 is 5.82 Å². The van der Waals surface area contributed by atoms with Crippen molar-refractivity contribution in [1.82, 2.24) is 15.6 Å². The molecule has 1 aliphatic rings. The Morgan fingerprint density at radius 2 is 2.11 bits per heavy atom. The van der Waals surface area contributed by atoms with Crippen molar-refractivity contribution in [3.63, 3.8) is 0 Å². The van der Waals surface area contributed by atoms with Crippen LogP contribution in [0.5, 0.6) is 0 Å². The summed E-state index contributed by atoms with van der Waals surface area (Å²) in [6.45, 7) is 1.38. The molecule has 0 aliphatic carbocycles. The highest BCUT2D eigenvalue weighted by Crippen LogP contribution is 2.22. The monoisotopic (exact) mass is 381 g/mol. The number of aromatic amines is 1. The van der Waals surface area contributed by atoms with E-state index in [-0.39, 0.29) is 25.0 Å². The molecule has 0 radical (unpaired) electrons. The molecule has 0 atom stereocenters. The lowest BCUT2D eigenvalue weighted by Gasteiger charge is -2.29. The normalized spacial score (nSPS) is 14.0. The number of carbonyl (C=O) groups excluding carboxylic acids is 2. The number of benzene rings is 2. The molecule has 1 aliphatic heterocycles. The second-order valence-corrected chi connectivity index (χ2v) is 6.61. The van der Waals surface area contributed by atoms with Crippen LogP contribution in [0.3, 0.4) is 0 Å². The van der Waals surface area contributed by atoms with Gasteiger partial charge < -0.3 is 25.8 Å². The Hall–Kier alpha value is -3.55. The van der Waals surface area contributed by atoms with Gasteiger partial charge in [0.25, 0.3) is 0 Å². The Morgan fingerprint density at radius 3 is 2.93 bits per heavy atom. The zero-order valence-electron chi connectivity index (χ0n) is 15.1. The fourth-order valence-electron chi connectivity index (χ4n) is 3.30. The molecule has 1 saturated heterocycles. The van der Waals surface area contributed by atoms with Gasteiger partial charge in [-0.15, -0.1) is 0 Å². The van der Waals surface area contributed by atoms with Gasteiger partial charge in [0.2, 0.25) is 5.91 Å². The molecule has 0 spiro atoms. The average molecular weight is 381 g/mol. The first kappa shape index (κ1) is 17.8. The number of nitrogens with one attached hydrogen (secondary N) is 4. The maximum Gasteiger partial charge on any atom is 0.319 e. The quantitative estimate of drug-likeness (QED) is 0.560. The Morgan fingerprint density at radius 1 is 1.21 bits per heavy atom. The van der Waals surface area contributed by atoms with E-state index in [1.165, 1.54) is 6.07 Å². The smallest absolute Gasteiger partial charge is 0.319 e. The summed E-state index contributed by atoms with van der Waals surface area (Å²) in [5.41, 5.74) is 2.54. The zero-order chi connectivity index (χ0) is 19.5. The summed E-state index contributed by atoms with van der Waals surface area (Å²) in [6.07, 6.45) is 1.81. The van der Waals surface area contributed by atoms with E-state index in [2.05, 4.69) is 20.9 Å². The molecule has 0 unspecified atom stereocenters. The van der Waals surface area contributed by atoms with Gasteiger partial charge in [0.05, 0.1) is 23.4 Å². The molecule has 2 heterocycles. The van der Waals surface area contributed by atoms with Crippen molar-refractivity contribution in [2.24, 2.45) is 0 Å². The number of halogens is 1.